The van der Waals surface area contributed by atoms with Gasteiger partial charge in [-0.3, -0.25) is 0 Å². The molecule has 0 atom stereocenters. The van der Waals surface area contributed by atoms with Crippen LogP contribution in [0.2, 0.25) is 0 Å². The van der Waals surface area contributed by atoms with Gasteiger partial charge in [0.05, 0.1) is 12.7 Å². The van der Waals surface area contributed by atoms with Gasteiger partial charge < -0.3 is 14.2 Å². The fourth-order valence-corrected chi connectivity index (χ4v) is 2.52. The van der Waals surface area contributed by atoms with Gasteiger partial charge in [-0.05, 0) is 30.7 Å². The molecule has 0 bridgehead atoms. The highest BCUT2D eigenvalue weighted by Gasteiger charge is 2.35. The molecular formula is C17H13BrF4O4. The van der Waals surface area contributed by atoms with Crippen LogP contribution in [0.15, 0.2) is 34.8 Å². The van der Waals surface area contributed by atoms with E-state index in [9.17, 15) is 22.4 Å². The fourth-order valence-electron chi connectivity index (χ4n) is 2.06. The van der Waals surface area contributed by atoms with Gasteiger partial charge in [-0.15, -0.1) is 0 Å². The van der Waals surface area contributed by atoms with Crippen LogP contribution in [0.3, 0.4) is 0 Å². The third-order valence-corrected chi connectivity index (χ3v) is 4.12. The second kappa shape index (κ2) is 7.94. The molecule has 4 nitrogen and oxygen atoms in total. The van der Waals surface area contributed by atoms with Crippen LogP contribution in [-0.4, -0.2) is 13.3 Å². The number of ether oxygens (including phenoxy) is 3. The molecule has 9 heteroatoms. The smallest absolute Gasteiger partial charge is 0.488 e. The van der Waals surface area contributed by atoms with E-state index in [1.807, 2.05) is 0 Å². The van der Waals surface area contributed by atoms with E-state index < -0.39 is 36.1 Å². The lowest BCUT2D eigenvalue weighted by Gasteiger charge is -2.17. The molecule has 0 unspecified atom stereocenters. The standard InChI is InChI=1S/C17H13BrF4O4/c1-9-6-11(17(20,21)22)15(7-13(9)19)25-8-10-12(18)4-3-5-14(10)26-16(23)24-2/h3-7H,8H2,1-2H3. The predicted octanol–water partition coefficient (Wildman–Crippen LogP) is 5.64. The molecule has 0 aromatic heterocycles. The van der Waals surface area contributed by atoms with Gasteiger partial charge in [0.1, 0.15) is 23.9 Å². The second-order valence-corrected chi connectivity index (χ2v) is 6.01. The van der Waals surface area contributed by atoms with E-state index in [1.165, 1.54) is 13.0 Å². The molecule has 2 aromatic rings. The van der Waals surface area contributed by atoms with Gasteiger partial charge in [-0.1, -0.05) is 22.0 Å². The van der Waals surface area contributed by atoms with Crippen molar-refractivity contribution in [2.75, 3.05) is 7.11 Å². The van der Waals surface area contributed by atoms with Gasteiger partial charge in [0.2, 0.25) is 0 Å². The zero-order chi connectivity index (χ0) is 19.5. The lowest BCUT2D eigenvalue weighted by Crippen LogP contribution is -2.12. The molecule has 0 saturated heterocycles. The summed E-state index contributed by atoms with van der Waals surface area (Å²) in [5.74, 6) is -1.46. The molecule has 0 heterocycles. The number of rotatable bonds is 4. The number of aryl methyl sites for hydroxylation is 1. The number of hydrogen-bond acceptors (Lipinski definition) is 4. The lowest BCUT2D eigenvalue weighted by atomic mass is 10.1. The van der Waals surface area contributed by atoms with Gasteiger partial charge >= 0.3 is 12.3 Å². The minimum Gasteiger partial charge on any atom is -0.488 e. The van der Waals surface area contributed by atoms with E-state index in [1.54, 1.807) is 12.1 Å². The molecule has 0 radical (unpaired) electrons. The minimum absolute atomic E-state index is 0.0346. The van der Waals surface area contributed by atoms with Crippen molar-refractivity contribution in [1.29, 1.82) is 0 Å². The zero-order valence-corrected chi connectivity index (χ0v) is 15.2. The van der Waals surface area contributed by atoms with Crippen LogP contribution in [0, 0.1) is 12.7 Å². The van der Waals surface area contributed by atoms with E-state index in [2.05, 4.69) is 20.7 Å². The molecule has 0 aliphatic carbocycles. The van der Waals surface area contributed by atoms with Crippen molar-refractivity contribution in [3.05, 3.63) is 57.3 Å². The summed E-state index contributed by atoms with van der Waals surface area (Å²) in [4.78, 5) is 11.3. The van der Waals surface area contributed by atoms with E-state index in [4.69, 9.17) is 9.47 Å². The number of methoxy groups -OCH3 is 1. The summed E-state index contributed by atoms with van der Waals surface area (Å²) < 4.78 is 68.2. The maximum Gasteiger partial charge on any atom is 0.513 e. The highest BCUT2D eigenvalue weighted by atomic mass is 79.9. The van der Waals surface area contributed by atoms with E-state index in [0.717, 1.165) is 7.11 Å². The van der Waals surface area contributed by atoms with Crippen molar-refractivity contribution in [2.24, 2.45) is 0 Å². The first-order chi connectivity index (χ1) is 12.1. The Balaban J connectivity index is 2.35. The molecule has 0 aliphatic rings. The summed E-state index contributed by atoms with van der Waals surface area (Å²) in [6, 6.07) is 5.91. The van der Waals surface area contributed by atoms with Crippen LogP contribution in [-0.2, 0) is 17.5 Å². The Morgan fingerprint density at radius 2 is 1.88 bits per heavy atom. The Kier molecular flexibility index (Phi) is 6.12. The molecule has 26 heavy (non-hydrogen) atoms. The molecule has 0 N–H and O–H groups in total. The van der Waals surface area contributed by atoms with Crippen LogP contribution in [0.1, 0.15) is 16.7 Å². The van der Waals surface area contributed by atoms with Crippen molar-refractivity contribution < 1.29 is 36.6 Å². The monoisotopic (exact) mass is 436 g/mol. The van der Waals surface area contributed by atoms with Gasteiger partial charge in [0.25, 0.3) is 0 Å². The topological polar surface area (TPSA) is 44.8 Å². The van der Waals surface area contributed by atoms with Crippen molar-refractivity contribution >= 4 is 22.1 Å². The molecule has 2 rings (SSSR count). The SMILES string of the molecule is COC(=O)Oc1cccc(Br)c1COc1cc(F)c(C)cc1C(F)(F)F. The third-order valence-electron chi connectivity index (χ3n) is 3.37. The quantitative estimate of drug-likeness (QED) is 0.353. The maximum atomic E-state index is 13.7. The van der Waals surface area contributed by atoms with Crippen LogP contribution < -0.4 is 9.47 Å². The molecule has 140 valence electrons. The number of benzene rings is 2. The van der Waals surface area contributed by atoms with Gasteiger partial charge in [0.15, 0.2) is 0 Å². The summed E-state index contributed by atoms with van der Waals surface area (Å²) in [5, 5.41) is 0. The summed E-state index contributed by atoms with van der Waals surface area (Å²) in [5.41, 5.74) is -0.994. The normalized spacial score (nSPS) is 11.2. The van der Waals surface area contributed by atoms with Gasteiger partial charge in [-0.25, -0.2) is 9.18 Å². The molecule has 0 saturated carbocycles. The van der Waals surface area contributed by atoms with Crippen LogP contribution in [0.4, 0.5) is 22.4 Å². The lowest BCUT2D eigenvalue weighted by molar-refractivity contribution is -0.139. The van der Waals surface area contributed by atoms with Crippen molar-refractivity contribution in [2.45, 2.75) is 19.7 Å². The van der Waals surface area contributed by atoms with Crippen LogP contribution >= 0.6 is 15.9 Å². The summed E-state index contributed by atoms with van der Waals surface area (Å²) in [7, 11) is 1.11. The highest BCUT2D eigenvalue weighted by molar-refractivity contribution is 9.10. The average Bonchev–Trinajstić information content (AvgIpc) is 2.56. The Morgan fingerprint density at radius 1 is 1.19 bits per heavy atom. The van der Waals surface area contributed by atoms with Crippen molar-refractivity contribution in [3.8, 4) is 11.5 Å². The molecule has 0 fully saturated rings. The Hall–Kier alpha value is -2.29. The van der Waals surface area contributed by atoms with Crippen LogP contribution in [0.5, 0.6) is 11.5 Å². The number of alkyl halides is 3. The third kappa shape index (κ3) is 4.66. The number of carbonyl (C=O) groups excluding carboxylic acids is 1. The molecule has 2 aromatic carbocycles. The summed E-state index contributed by atoms with van der Waals surface area (Å²) in [6.07, 6.45) is -5.71. The maximum absolute atomic E-state index is 13.7. The highest BCUT2D eigenvalue weighted by Crippen LogP contribution is 2.38. The zero-order valence-electron chi connectivity index (χ0n) is 13.6. The minimum atomic E-state index is -4.72. The Bertz CT molecular complexity index is 821. The summed E-state index contributed by atoms with van der Waals surface area (Å²) >= 11 is 3.21. The van der Waals surface area contributed by atoms with E-state index >= 15 is 0 Å². The first-order valence-electron chi connectivity index (χ1n) is 7.16. The molecule has 0 amide bonds. The Morgan fingerprint density at radius 3 is 2.50 bits per heavy atom. The van der Waals surface area contributed by atoms with E-state index in [0.29, 0.717) is 16.6 Å². The van der Waals surface area contributed by atoms with Crippen molar-refractivity contribution in [3.63, 3.8) is 0 Å². The largest absolute Gasteiger partial charge is 0.513 e. The van der Waals surface area contributed by atoms with Gasteiger partial charge in [-0.2, -0.15) is 13.2 Å². The number of hydrogen-bond donors (Lipinski definition) is 0. The predicted molar refractivity (Wildman–Crippen MR) is 87.6 cm³/mol. The Labute approximate surface area is 154 Å². The van der Waals surface area contributed by atoms with Crippen LogP contribution in [0.25, 0.3) is 0 Å². The average molecular weight is 437 g/mol. The first kappa shape index (κ1) is 20.0. The number of carbonyl (C=O) groups is 1. The van der Waals surface area contributed by atoms with E-state index in [-0.39, 0.29) is 16.9 Å². The molecule has 0 spiro atoms. The number of halogens is 5. The molecular weight excluding hydrogens is 424 g/mol. The molecule has 0 aliphatic heterocycles. The fraction of sp³-hybridized carbons (Fsp3) is 0.235. The van der Waals surface area contributed by atoms with Crippen molar-refractivity contribution in [1.82, 2.24) is 0 Å². The summed E-state index contributed by atoms with van der Waals surface area (Å²) in [6.45, 7) is 0.823. The van der Waals surface area contributed by atoms with Gasteiger partial charge in [0, 0.05) is 16.1 Å². The second-order valence-electron chi connectivity index (χ2n) is 5.16. The first-order valence-corrected chi connectivity index (χ1v) is 7.96.